The van der Waals surface area contributed by atoms with E-state index < -0.39 is 0 Å². The summed E-state index contributed by atoms with van der Waals surface area (Å²) in [4.78, 5) is 0. The molecule has 2 heteroatoms. The van der Waals surface area contributed by atoms with Gasteiger partial charge in [0.2, 0.25) is 0 Å². The Morgan fingerprint density at radius 2 is 1.88 bits per heavy atom. The fourth-order valence-corrected chi connectivity index (χ4v) is 2.52. The minimum absolute atomic E-state index is 0.277. The Labute approximate surface area is 98.4 Å². The molecule has 0 aromatic heterocycles. The number of benzene rings is 1. The third-order valence-electron chi connectivity index (χ3n) is 3.85. The van der Waals surface area contributed by atoms with Gasteiger partial charge >= 0.3 is 0 Å². The predicted octanol–water partition coefficient (Wildman–Crippen LogP) is 2.48. The topological polar surface area (TPSA) is 24.1 Å². The molecule has 1 aliphatic rings. The van der Waals surface area contributed by atoms with E-state index in [0.29, 0.717) is 6.04 Å². The lowest BCUT2D eigenvalue weighted by Gasteiger charge is -2.42. The first-order valence-corrected chi connectivity index (χ1v) is 6.33. The minimum atomic E-state index is 0.277. The lowest BCUT2D eigenvalue weighted by Crippen LogP contribution is -2.59. The van der Waals surface area contributed by atoms with Crippen LogP contribution in [0, 0.1) is 0 Å². The summed E-state index contributed by atoms with van der Waals surface area (Å²) in [7, 11) is 0. The summed E-state index contributed by atoms with van der Waals surface area (Å²) in [5.74, 6) is 0. The van der Waals surface area contributed by atoms with Gasteiger partial charge < -0.3 is 10.6 Å². The quantitative estimate of drug-likeness (QED) is 0.814. The molecule has 1 aromatic rings. The molecule has 0 saturated carbocycles. The third kappa shape index (κ3) is 2.28. The van der Waals surface area contributed by atoms with E-state index in [4.69, 9.17) is 0 Å². The predicted molar refractivity (Wildman–Crippen MR) is 68.5 cm³/mol. The van der Waals surface area contributed by atoms with Gasteiger partial charge in [-0.25, -0.2) is 0 Å². The number of nitrogens with one attached hydrogen (secondary N) is 2. The highest BCUT2D eigenvalue weighted by Gasteiger charge is 2.32. The fourth-order valence-electron chi connectivity index (χ4n) is 2.52. The van der Waals surface area contributed by atoms with Gasteiger partial charge in [0, 0.05) is 24.7 Å². The monoisotopic (exact) mass is 218 g/mol. The summed E-state index contributed by atoms with van der Waals surface area (Å²) in [5.41, 5.74) is 1.67. The molecular weight excluding hydrogens is 196 g/mol. The van der Waals surface area contributed by atoms with Crippen molar-refractivity contribution in [3.05, 3.63) is 35.9 Å². The molecule has 1 atom stereocenters. The van der Waals surface area contributed by atoms with Crippen molar-refractivity contribution in [3.63, 3.8) is 0 Å². The van der Waals surface area contributed by atoms with E-state index in [1.54, 1.807) is 0 Å². The molecule has 0 aliphatic carbocycles. The maximum atomic E-state index is 3.82. The summed E-state index contributed by atoms with van der Waals surface area (Å²) >= 11 is 0. The summed E-state index contributed by atoms with van der Waals surface area (Å²) < 4.78 is 0. The smallest absolute Gasteiger partial charge is 0.0451 e. The molecule has 0 bridgehead atoms. The normalized spacial score (nSPS) is 24.2. The molecule has 0 radical (unpaired) electrons. The average molecular weight is 218 g/mol. The first kappa shape index (κ1) is 11.6. The Morgan fingerprint density at radius 1 is 1.19 bits per heavy atom. The van der Waals surface area contributed by atoms with Crippen molar-refractivity contribution < 1.29 is 0 Å². The van der Waals surface area contributed by atoms with Crippen LogP contribution >= 0.6 is 0 Å². The van der Waals surface area contributed by atoms with Crippen molar-refractivity contribution in [1.82, 2.24) is 10.6 Å². The molecule has 2 rings (SSSR count). The molecule has 1 aromatic carbocycles. The molecule has 2 nitrogen and oxygen atoms in total. The van der Waals surface area contributed by atoms with Crippen molar-refractivity contribution in [3.8, 4) is 0 Å². The lowest BCUT2D eigenvalue weighted by atomic mass is 9.88. The van der Waals surface area contributed by atoms with Crippen LogP contribution in [-0.2, 0) is 0 Å². The molecule has 1 aliphatic heterocycles. The van der Waals surface area contributed by atoms with E-state index in [1.807, 2.05) is 0 Å². The van der Waals surface area contributed by atoms with Crippen LogP contribution in [0.5, 0.6) is 0 Å². The molecule has 0 amide bonds. The van der Waals surface area contributed by atoms with Gasteiger partial charge in [-0.3, -0.25) is 0 Å². The van der Waals surface area contributed by atoms with Crippen molar-refractivity contribution in [1.29, 1.82) is 0 Å². The molecular formula is C14H22N2. The third-order valence-corrected chi connectivity index (χ3v) is 3.85. The number of hydrogen-bond acceptors (Lipinski definition) is 2. The van der Waals surface area contributed by atoms with Gasteiger partial charge in [0.25, 0.3) is 0 Å². The average Bonchev–Trinajstić information content (AvgIpc) is 2.40. The van der Waals surface area contributed by atoms with Gasteiger partial charge in [0.1, 0.15) is 0 Å². The Kier molecular flexibility index (Phi) is 3.62. The van der Waals surface area contributed by atoms with Gasteiger partial charge in [-0.1, -0.05) is 44.2 Å². The Balaban J connectivity index is 2.13. The second-order valence-electron chi connectivity index (χ2n) is 4.73. The zero-order valence-electron chi connectivity index (χ0n) is 10.3. The first-order valence-electron chi connectivity index (χ1n) is 6.33. The van der Waals surface area contributed by atoms with Crippen LogP contribution < -0.4 is 10.6 Å². The van der Waals surface area contributed by atoms with Gasteiger partial charge in [0.15, 0.2) is 0 Å². The highest BCUT2D eigenvalue weighted by atomic mass is 15.1. The van der Waals surface area contributed by atoms with Crippen molar-refractivity contribution in [2.45, 2.75) is 38.3 Å². The van der Waals surface area contributed by atoms with Crippen LogP contribution in [-0.4, -0.2) is 18.6 Å². The zero-order chi connectivity index (χ0) is 11.4. The Bertz CT molecular complexity index is 317. The van der Waals surface area contributed by atoms with Crippen LogP contribution in [0.1, 0.15) is 38.3 Å². The van der Waals surface area contributed by atoms with Crippen LogP contribution in [0.3, 0.4) is 0 Å². The molecule has 1 fully saturated rings. The molecule has 16 heavy (non-hydrogen) atoms. The number of piperazine rings is 1. The van der Waals surface area contributed by atoms with Crippen molar-refractivity contribution >= 4 is 0 Å². The first-order chi connectivity index (χ1) is 7.79. The van der Waals surface area contributed by atoms with E-state index in [1.165, 1.54) is 18.4 Å². The van der Waals surface area contributed by atoms with Gasteiger partial charge in [0.05, 0.1) is 0 Å². The van der Waals surface area contributed by atoms with E-state index in [-0.39, 0.29) is 5.54 Å². The van der Waals surface area contributed by atoms with E-state index in [0.717, 1.165) is 13.1 Å². The van der Waals surface area contributed by atoms with Crippen LogP contribution in [0.15, 0.2) is 30.3 Å². The Morgan fingerprint density at radius 3 is 2.50 bits per heavy atom. The maximum absolute atomic E-state index is 3.82. The second-order valence-corrected chi connectivity index (χ2v) is 4.73. The van der Waals surface area contributed by atoms with Crippen molar-refractivity contribution in [2.24, 2.45) is 0 Å². The van der Waals surface area contributed by atoms with Crippen LogP contribution in [0.4, 0.5) is 0 Å². The number of hydrogen-bond donors (Lipinski definition) is 2. The van der Waals surface area contributed by atoms with Gasteiger partial charge in [-0.05, 0) is 18.4 Å². The van der Waals surface area contributed by atoms with Gasteiger partial charge in [-0.2, -0.15) is 0 Å². The molecule has 0 spiro atoms. The summed E-state index contributed by atoms with van der Waals surface area (Å²) in [5, 5.41) is 7.38. The SMILES string of the molecule is CCC1(CC)CNCC(c2ccccc2)N1. The molecule has 88 valence electrons. The summed E-state index contributed by atoms with van der Waals surface area (Å²) in [6, 6.07) is 11.2. The van der Waals surface area contributed by atoms with Crippen molar-refractivity contribution in [2.75, 3.05) is 13.1 Å². The summed E-state index contributed by atoms with van der Waals surface area (Å²) in [6.07, 6.45) is 2.36. The molecule has 1 unspecified atom stereocenters. The molecule has 1 heterocycles. The second kappa shape index (κ2) is 4.98. The lowest BCUT2D eigenvalue weighted by molar-refractivity contribution is 0.210. The highest BCUT2D eigenvalue weighted by Crippen LogP contribution is 2.24. The maximum Gasteiger partial charge on any atom is 0.0451 e. The fraction of sp³-hybridized carbons (Fsp3) is 0.571. The highest BCUT2D eigenvalue weighted by molar-refractivity contribution is 5.21. The van der Waals surface area contributed by atoms with E-state index >= 15 is 0 Å². The number of rotatable bonds is 3. The van der Waals surface area contributed by atoms with Crippen LogP contribution in [0.25, 0.3) is 0 Å². The molecule has 2 N–H and O–H groups in total. The van der Waals surface area contributed by atoms with Crippen LogP contribution in [0.2, 0.25) is 0 Å². The molecule has 1 saturated heterocycles. The van der Waals surface area contributed by atoms with Gasteiger partial charge in [-0.15, -0.1) is 0 Å². The largest absolute Gasteiger partial charge is 0.313 e. The van der Waals surface area contributed by atoms with E-state index in [9.17, 15) is 0 Å². The minimum Gasteiger partial charge on any atom is -0.313 e. The summed E-state index contributed by atoms with van der Waals surface area (Å²) in [6.45, 7) is 6.66. The standard InChI is InChI=1S/C14H22N2/c1-3-14(4-2)11-15-10-13(16-14)12-8-6-5-7-9-12/h5-9,13,15-16H,3-4,10-11H2,1-2H3. The Hall–Kier alpha value is -0.860. The van der Waals surface area contributed by atoms with E-state index in [2.05, 4.69) is 54.8 Å². The zero-order valence-corrected chi connectivity index (χ0v) is 10.3.